The fourth-order valence-corrected chi connectivity index (χ4v) is 2.49. The first kappa shape index (κ1) is 13.3. The van der Waals surface area contributed by atoms with Gasteiger partial charge in [-0.25, -0.2) is 4.98 Å². The van der Waals surface area contributed by atoms with Crippen molar-refractivity contribution in [1.29, 1.82) is 0 Å². The lowest BCUT2D eigenvalue weighted by Gasteiger charge is -2.25. The van der Waals surface area contributed by atoms with Crippen molar-refractivity contribution in [2.24, 2.45) is 16.3 Å². The van der Waals surface area contributed by atoms with Crippen molar-refractivity contribution in [2.45, 2.75) is 32.1 Å². The van der Waals surface area contributed by atoms with Gasteiger partial charge in [0.2, 0.25) is 5.91 Å². The Labute approximate surface area is 110 Å². The van der Waals surface area contributed by atoms with Crippen molar-refractivity contribution in [2.75, 3.05) is 6.54 Å². The number of hydrogen-bond donors (Lipinski definition) is 4. The first-order chi connectivity index (χ1) is 9.19. The zero-order valence-electron chi connectivity index (χ0n) is 10.6. The van der Waals surface area contributed by atoms with E-state index in [2.05, 4.69) is 25.7 Å². The average Bonchev–Trinajstić information content (AvgIpc) is 3.09. The Bertz CT molecular complexity index is 450. The molecule has 1 aromatic rings. The molecule has 1 aliphatic rings. The first-order valence-electron chi connectivity index (χ1n) is 6.29. The molecule has 0 atom stereocenters. The third-order valence-corrected chi connectivity index (χ3v) is 3.60. The van der Waals surface area contributed by atoms with Gasteiger partial charge in [0.15, 0.2) is 5.84 Å². The fourth-order valence-electron chi connectivity index (χ4n) is 2.49. The molecule has 8 heteroatoms. The Hall–Kier alpha value is -2.12. The number of aromatic amines is 1. The minimum Gasteiger partial charge on any atom is -0.409 e. The second kappa shape index (κ2) is 5.68. The summed E-state index contributed by atoms with van der Waals surface area (Å²) < 4.78 is 0. The van der Waals surface area contributed by atoms with E-state index in [9.17, 15) is 4.79 Å². The van der Waals surface area contributed by atoms with Crippen LogP contribution in [0.5, 0.6) is 0 Å². The van der Waals surface area contributed by atoms with Gasteiger partial charge in [0.05, 0.1) is 0 Å². The molecule has 0 aromatic carbocycles. The molecule has 2 rings (SSSR count). The number of hydrogen-bond acceptors (Lipinski definition) is 5. The van der Waals surface area contributed by atoms with Crippen LogP contribution in [0.2, 0.25) is 0 Å². The summed E-state index contributed by atoms with van der Waals surface area (Å²) in [6, 6.07) is 0. The summed E-state index contributed by atoms with van der Waals surface area (Å²) in [6.45, 7) is 0.439. The van der Waals surface area contributed by atoms with Gasteiger partial charge in [-0.2, -0.15) is 5.10 Å². The Morgan fingerprint density at radius 1 is 1.58 bits per heavy atom. The monoisotopic (exact) mass is 266 g/mol. The van der Waals surface area contributed by atoms with E-state index in [1.807, 2.05) is 0 Å². The molecule has 0 radical (unpaired) electrons. The summed E-state index contributed by atoms with van der Waals surface area (Å²) in [5.41, 5.74) is 4.84. The molecule has 1 fully saturated rings. The largest absolute Gasteiger partial charge is 0.409 e. The van der Waals surface area contributed by atoms with Gasteiger partial charge >= 0.3 is 0 Å². The number of aromatic nitrogens is 3. The molecule has 8 nitrogen and oxygen atoms in total. The number of amidine groups is 1. The molecular weight excluding hydrogens is 248 g/mol. The van der Waals surface area contributed by atoms with E-state index < -0.39 is 5.41 Å². The van der Waals surface area contributed by atoms with Crippen LogP contribution in [-0.4, -0.2) is 38.7 Å². The topological polar surface area (TPSA) is 129 Å². The van der Waals surface area contributed by atoms with E-state index in [1.54, 1.807) is 0 Å². The second-order valence-corrected chi connectivity index (χ2v) is 4.71. The van der Waals surface area contributed by atoms with E-state index in [1.165, 1.54) is 6.33 Å². The highest BCUT2D eigenvalue weighted by molar-refractivity contribution is 6.07. The van der Waals surface area contributed by atoms with E-state index in [0.29, 0.717) is 31.6 Å². The van der Waals surface area contributed by atoms with Gasteiger partial charge in [0.1, 0.15) is 17.6 Å². The average molecular weight is 266 g/mol. The van der Waals surface area contributed by atoms with Gasteiger partial charge in [0, 0.05) is 13.0 Å². The number of rotatable bonds is 5. The third-order valence-electron chi connectivity index (χ3n) is 3.60. The number of H-pyrrole nitrogens is 1. The third kappa shape index (κ3) is 2.67. The summed E-state index contributed by atoms with van der Waals surface area (Å²) in [4.78, 5) is 16.2. The van der Waals surface area contributed by atoms with Crippen LogP contribution in [0.15, 0.2) is 11.5 Å². The molecule has 0 aliphatic heterocycles. The summed E-state index contributed by atoms with van der Waals surface area (Å²) in [6.07, 6.45) is 5.05. The van der Waals surface area contributed by atoms with Crippen molar-refractivity contribution in [1.82, 2.24) is 20.5 Å². The van der Waals surface area contributed by atoms with Gasteiger partial charge < -0.3 is 16.3 Å². The van der Waals surface area contributed by atoms with Crippen molar-refractivity contribution in [3.8, 4) is 0 Å². The molecule has 1 amide bonds. The SMILES string of the molecule is NC(=NO)C1(C(=O)NCCc2ncn[nH]2)CCCC1. The van der Waals surface area contributed by atoms with Crippen LogP contribution in [-0.2, 0) is 11.2 Å². The number of amides is 1. The smallest absolute Gasteiger partial charge is 0.233 e. The molecule has 0 bridgehead atoms. The molecule has 1 aliphatic carbocycles. The standard InChI is InChI=1S/C11H18N6O2/c12-9(17-19)11(4-1-2-5-11)10(18)13-6-3-8-14-7-15-16-8/h7,19H,1-6H2,(H2,12,17)(H,13,18)(H,14,15,16). The highest BCUT2D eigenvalue weighted by Crippen LogP contribution is 2.38. The number of nitrogens with zero attached hydrogens (tertiary/aromatic N) is 3. The first-order valence-corrected chi connectivity index (χ1v) is 6.29. The number of oxime groups is 1. The molecular formula is C11H18N6O2. The Morgan fingerprint density at radius 2 is 2.32 bits per heavy atom. The lowest BCUT2D eigenvalue weighted by atomic mass is 9.84. The summed E-state index contributed by atoms with van der Waals surface area (Å²) >= 11 is 0. The number of nitrogens with one attached hydrogen (secondary N) is 2. The maximum atomic E-state index is 12.3. The van der Waals surface area contributed by atoms with E-state index >= 15 is 0 Å². The van der Waals surface area contributed by atoms with Gasteiger partial charge in [-0.1, -0.05) is 18.0 Å². The Balaban J connectivity index is 1.93. The van der Waals surface area contributed by atoms with Crippen molar-refractivity contribution < 1.29 is 10.0 Å². The van der Waals surface area contributed by atoms with Gasteiger partial charge in [-0.05, 0) is 12.8 Å². The molecule has 0 spiro atoms. The van der Waals surface area contributed by atoms with Gasteiger partial charge in [-0.3, -0.25) is 9.89 Å². The lowest BCUT2D eigenvalue weighted by molar-refractivity contribution is -0.127. The second-order valence-electron chi connectivity index (χ2n) is 4.71. The van der Waals surface area contributed by atoms with Crippen LogP contribution in [0.4, 0.5) is 0 Å². The summed E-state index contributed by atoms with van der Waals surface area (Å²) in [5.74, 6) is 0.534. The van der Waals surface area contributed by atoms with Crippen LogP contribution in [0.1, 0.15) is 31.5 Å². The summed E-state index contributed by atoms with van der Waals surface area (Å²) in [5, 5.41) is 21.1. The maximum Gasteiger partial charge on any atom is 0.233 e. The maximum absolute atomic E-state index is 12.3. The highest BCUT2D eigenvalue weighted by Gasteiger charge is 2.45. The predicted molar refractivity (Wildman–Crippen MR) is 67.4 cm³/mol. The molecule has 0 saturated heterocycles. The van der Waals surface area contributed by atoms with Crippen molar-refractivity contribution >= 4 is 11.7 Å². The van der Waals surface area contributed by atoms with E-state index in [-0.39, 0.29) is 11.7 Å². The number of nitrogens with two attached hydrogens (primary N) is 1. The molecule has 104 valence electrons. The Morgan fingerprint density at radius 3 is 2.89 bits per heavy atom. The van der Waals surface area contributed by atoms with Crippen LogP contribution in [0.25, 0.3) is 0 Å². The minimum atomic E-state index is -0.851. The van der Waals surface area contributed by atoms with E-state index in [4.69, 9.17) is 10.9 Å². The quantitative estimate of drug-likeness (QED) is 0.253. The van der Waals surface area contributed by atoms with Crippen LogP contribution in [0.3, 0.4) is 0 Å². The molecule has 5 N–H and O–H groups in total. The normalized spacial score (nSPS) is 18.4. The number of carbonyl (C=O) groups is 1. The zero-order valence-corrected chi connectivity index (χ0v) is 10.6. The zero-order chi connectivity index (χ0) is 13.7. The van der Waals surface area contributed by atoms with Gasteiger partial charge in [-0.15, -0.1) is 0 Å². The van der Waals surface area contributed by atoms with E-state index in [0.717, 1.165) is 12.8 Å². The minimum absolute atomic E-state index is 0.00200. The van der Waals surface area contributed by atoms with Crippen molar-refractivity contribution in [3.63, 3.8) is 0 Å². The van der Waals surface area contributed by atoms with Crippen LogP contribution in [0, 0.1) is 5.41 Å². The molecule has 19 heavy (non-hydrogen) atoms. The van der Waals surface area contributed by atoms with Gasteiger partial charge in [0.25, 0.3) is 0 Å². The summed E-state index contributed by atoms with van der Waals surface area (Å²) in [7, 11) is 0. The fraction of sp³-hybridized carbons (Fsp3) is 0.636. The molecule has 1 heterocycles. The van der Waals surface area contributed by atoms with Crippen LogP contribution < -0.4 is 11.1 Å². The Kier molecular flexibility index (Phi) is 3.98. The predicted octanol–water partition coefficient (Wildman–Crippen LogP) is -0.230. The number of carbonyl (C=O) groups excluding carboxylic acids is 1. The molecule has 1 aromatic heterocycles. The van der Waals surface area contributed by atoms with Crippen LogP contribution >= 0.6 is 0 Å². The lowest BCUT2D eigenvalue weighted by Crippen LogP contribution is -2.48. The van der Waals surface area contributed by atoms with Crippen molar-refractivity contribution in [3.05, 3.63) is 12.2 Å². The molecule has 1 saturated carbocycles. The highest BCUT2D eigenvalue weighted by atomic mass is 16.4. The molecule has 0 unspecified atom stereocenters.